The molecule has 4 atom stereocenters. The Balaban J connectivity index is 2.34. The van der Waals surface area contributed by atoms with Crippen LogP contribution in [0.2, 0.25) is 0 Å². The lowest BCUT2D eigenvalue weighted by molar-refractivity contribution is -0.0561. The minimum Gasteiger partial charge on any atom is -0.394 e. The summed E-state index contributed by atoms with van der Waals surface area (Å²) < 4.78 is 12.1. The number of H-pyrrole nitrogens is 1. The number of aliphatic hydroxyl groups excluding tert-OH is 2. The van der Waals surface area contributed by atoms with Gasteiger partial charge in [0, 0.05) is 19.4 Å². The number of hydrogen-bond acceptors (Lipinski definition) is 6. The van der Waals surface area contributed by atoms with Crippen LogP contribution in [0.1, 0.15) is 6.23 Å². The first-order chi connectivity index (χ1) is 8.58. The van der Waals surface area contributed by atoms with Gasteiger partial charge in [-0.05, 0) is 12.2 Å². The Bertz CT molecular complexity index is 527. The Labute approximate surface area is 108 Å². The zero-order chi connectivity index (χ0) is 13.3. The molecule has 0 spiro atoms. The van der Waals surface area contributed by atoms with Crippen molar-refractivity contribution in [2.45, 2.75) is 24.5 Å². The zero-order valence-corrected chi connectivity index (χ0v) is 10.5. The molecule has 1 aliphatic rings. The van der Waals surface area contributed by atoms with Gasteiger partial charge in [-0.3, -0.25) is 14.3 Å². The molecule has 8 heteroatoms. The Morgan fingerprint density at radius 1 is 1.67 bits per heavy atom. The van der Waals surface area contributed by atoms with Crippen LogP contribution in [-0.4, -0.2) is 51.8 Å². The molecule has 4 unspecified atom stereocenters. The Hall–Kier alpha value is -1.06. The molecule has 0 aromatic carbocycles. The number of ether oxygens (including phenoxy) is 2. The highest BCUT2D eigenvalue weighted by Crippen LogP contribution is 2.30. The summed E-state index contributed by atoms with van der Waals surface area (Å²) >= 11 is 4.99. The fraction of sp³-hybridized carbons (Fsp3) is 0.600. The van der Waals surface area contributed by atoms with Gasteiger partial charge in [0.2, 0.25) is 0 Å². The van der Waals surface area contributed by atoms with E-state index in [4.69, 9.17) is 26.8 Å². The molecule has 3 N–H and O–H groups in total. The first kappa shape index (κ1) is 13.4. The maximum atomic E-state index is 11.1. The SMILES string of the molecule is COC1C(CO)OC(n2ccc(=O)[nH]c2=S)C1O. The molecule has 18 heavy (non-hydrogen) atoms. The number of rotatable bonds is 3. The zero-order valence-electron chi connectivity index (χ0n) is 9.65. The van der Waals surface area contributed by atoms with E-state index < -0.39 is 24.5 Å². The molecular weight excluding hydrogens is 260 g/mol. The van der Waals surface area contributed by atoms with Crippen molar-refractivity contribution in [1.82, 2.24) is 9.55 Å². The van der Waals surface area contributed by atoms with Crippen molar-refractivity contribution in [3.05, 3.63) is 27.4 Å². The minimum atomic E-state index is -0.982. The summed E-state index contributed by atoms with van der Waals surface area (Å²) in [7, 11) is 1.43. The predicted octanol–water partition coefficient (Wildman–Crippen LogP) is -0.829. The van der Waals surface area contributed by atoms with Crippen LogP contribution >= 0.6 is 12.2 Å². The molecule has 0 bridgehead atoms. The van der Waals surface area contributed by atoms with E-state index >= 15 is 0 Å². The van der Waals surface area contributed by atoms with E-state index in [1.807, 2.05) is 0 Å². The Morgan fingerprint density at radius 2 is 2.39 bits per heavy atom. The van der Waals surface area contributed by atoms with Crippen LogP contribution in [0.4, 0.5) is 0 Å². The highest BCUT2D eigenvalue weighted by molar-refractivity contribution is 7.71. The molecular formula is C10H14N2O5S. The molecule has 7 nitrogen and oxygen atoms in total. The lowest BCUT2D eigenvalue weighted by Gasteiger charge is -2.18. The van der Waals surface area contributed by atoms with Crippen LogP contribution in [0.15, 0.2) is 17.1 Å². The molecule has 0 amide bonds. The van der Waals surface area contributed by atoms with E-state index in [1.165, 1.54) is 23.9 Å². The average molecular weight is 274 g/mol. The molecule has 1 saturated heterocycles. The van der Waals surface area contributed by atoms with E-state index in [0.717, 1.165) is 0 Å². The third-order valence-electron chi connectivity index (χ3n) is 2.89. The van der Waals surface area contributed by atoms with E-state index in [0.29, 0.717) is 0 Å². The summed E-state index contributed by atoms with van der Waals surface area (Å²) in [4.78, 5) is 13.5. The second-order valence-corrected chi connectivity index (χ2v) is 4.34. The van der Waals surface area contributed by atoms with Gasteiger partial charge in [-0.15, -0.1) is 0 Å². The van der Waals surface area contributed by atoms with E-state index in [1.54, 1.807) is 0 Å². The predicted molar refractivity (Wildman–Crippen MR) is 63.7 cm³/mol. The smallest absolute Gasteiger partial charge is 0.251 e. The number of methoxy groups -OCH3 is 1. The van der Waals surface area contributed by atoms with Gasteiger partial charge in [-0.2, -0.15) is 0 Å². The van der Waals surface area contributed by atoms with Gasteiger partial charge in [-0.1, -0.05) is 0 Å². The maximum absolute atomic E-state index is 11.1. The van der Waals surface area contributed by atoms with Gasteiger partial charge in [-0.25, -0.2) is 0 Å². The third kappa shape index (κ3) is 2.25. The highest BCUT2D eigenvalue weighted by Gasteiger charge is 2.44. The summed E-state index contributed by atoms with van der Waals surface area (Å²) in [6.45, 7) is -0.275. The molecule has 2 heterocycles. The summed E-state index contributed by atoms with van der Waals surface area (Å²) in [6, 6.07) is 1.28. The second-order valence-electron chi connectivity index (χ2n) is 3.96. The molecule has 1 fully saturated rings. The number of aromatic amines is 1. The quantitative estimate of drug-likeness (QED) is 0.623. The van der Waals surface area contributed by atoms with Crippen LogP contribution in [0.5, 0.6) is 0 Å². The van der Waals surface area contributed by atoms with Crippen LogP contribution < -0.4 is 5.56 Å². The number of nitrogens with one attached hydrogen (secondary N) is 1. The molecule has 0 aliphatic carbocycles. The molecule has 0 radical (unpaired) electrons. The molecule has 1 aromatic rings. The average Bonchev–Trinajstić information content (AvgIpc) is 2.66. The molecule has 2 rings (SSSR count). The summed E-state index contributed by atoms with van der Waals surface area (Å²) in [5.74, 6) is 0. The van der Waals surface area contributed by atoms with Crippen LogP contribution in [0, 0.1) is 4.77 Å². The van der Waals surface area contributed by atoms with Crippen molar-refractivity contribution >= 4 is 12.2 Å². The topological polar surface area (TPSA) is 96.7 Å². The largest absolute Gasteiger partial charge is 0.394 e. The van der Waals surface area contributed by atoms with Crippen LogP contribution in [-0.2, 0) is 9.47 Å². The van der Waals surface area contributed by atoms with Gasteiger partial charge in [0.1, 0.15) is 18.3 Å². The molecule has 1 aliphatic heterocycles. The van der Waals surface area contributed by atoms with E-state index in [-0.39, 0.29) is 16.9 Å². The number of nitrogens with zero attached hydrogens (tertiary/aromatic N) is 1. The monoisotopic (exact) mass is 274 g/mol. The van der Waals surface area contributed by atoms with Gasteiger partial charge < -0.3 is 19.7 Å². The number of aromatic nitrogens is 2. The van der Waals surface area contributed by atoms with Gasteiger partial charge in [0.25, 0.3) is 5.56 Å². The summed E-state index contributed by atoms with van der Waals surface area (Å²) in [6.07, 6.45) is -1.62. The maximum Gasteiger partial charge on any atom is 0.251 e. The third-order valence-corrected chi connectivity index (χ3v) is 3.20. The number of hydrogen-bond donors (Lipinski definition) is 3. The summed E-state index contributed by atoms with van der Waals surface area (Å²) in [5.41, 5.74) is -0.328. The van der Waals surface area contributed by atoms with E-state index in [9.17, 15) is 9.90 Å². The van der Waals surface area contributed by atoms with Crippen LogP contribution in [0.3, 0.4) is 0 Å². The van der Waals surface area contributed by atoms with Crippen molar-refractivity contribution in [1.29, 1.82) is 0 Å². The van der Waals surface area contributed by atoms with Gasteiger partial charge in [0.05, 0.1) is 6.61 Å². The lowest BCUT2D eigenvalue weighted by atomic mass is 10.1. The molecule has 0 saturated carbocycles. The first-order valence-corrected chi connectivity index (χ1v) is 5.78. The van der Waals surface area contributed by atoms with Crippen LogP contribution in [0.25, 0.3) is 0 Å². The van der Waals surface area contributed by atoms with E-state index in [2.05, 4.69) is 4.98 Å². The second kappa shape index (κ2) is 5.29. The fourth-order valence-electron chi connectivity index (χ4n) is 2.02. The highest BCUT2D eigenvalue weighted by atomic mass is 32.1. The van der Waals surface area contributed by atoms with Gasteiger partial charge in [0.15, 0.2) is 11.0 Å². The van der Waals surface area contributed by atoms with Crippen molar-refractivity contribution < 1.29 is 19.7 Å². The number of aliphatic hydroxyl groups is 2. The minimum absolute atomic E-state index is 0.139. The normalized spacial score (nSPS) is 31.7. The fourth-order valence-corrected chi connectivity index (χ4v) is 2.28. The Morgan fingerprint density at radius 3 is 2.89 bits per heavy atom. The van der Waals surface area contributed by atoms with Crippen molar-refractivity contribution in [3.63, 3.8) is 0 Å². The summed E-state index contributed by atoms with van der Waals surface area (Å²) in [5, 5.41) is 19.2. The molecule has 1 aromatic heterocycles. The standard InChI is InChI=1S/C10H14N2O5S/c1-16-8-5(4-13)17-9(7(8)15)12-3-2-6(14)11-10(12)18/h2-3,5,7-9,13,15H,4H2,1H3,(H,11,14,18). The van der Waals surface area contributed by atoms with Crippen molar-refractivity contribution in [3.8, 4) is 0 Å². The van der Waals surface area contributed by atoms with Crippen molar-refractivity contribution in [2.24, 2.45) is 0 Å². The first-order valence-electron chi connectivity index (χ1n) is 5.37. The van der Waals surface area contributed by atoms with Gasteiger partial charge >= 0.3 is 0 Å². The van der Waals surface area contributed by atoms with Crippen molar-refractivity contribution in [2.75, 3.05) is 13.7 Å². The Kier molecular flexibility index (Phi) is 3.93. The molecule has 100 valence electrons. The lowest BCUT2D eigenvalue weighted by Crippen LogP contribution is -2.35.